The molecule has 0 radical (unpaired) electrons. The van der Waals surface area contributed by atoms with Gasteiger partial charge in [-0.2, -0.15) is 0 Å². The fourth-order valence-corrected chi connectivity index (χ4v) is 4.35. The molecular weight excluding hydrogens is 450 g/mol. The number of aromatic nitrogens is 2. The first-order valence-corrected chi connectivity index (χ1v) is 12.1. The van der Waals surface area contributed by atoms with Crippen LogP contribution < -0.4 is 24.6 Å². The van der Waals surface area contributed by atoms with Crippen molar-refractivity contribution in [2.45, 2.75) is 11.7 Å². The molecule has 1 amide bonds. The molecule has 2 heterocycles. The van der Waals surface area contributed by atoms with Crippen LogP contribution in [0.15, 0.2) is 66.0 Å². The number of benzene rings is 2. The molecule has 3 aromatic rings. The van der Waals surface area contributed by atoms with Gasteiger partial charge in [0.05, 0.1) is 20.0 Å². The zero-order valence-electron chi connectivity index (χ0n) is 19.4. The number of hydrogen-bond acceptors (Lipinski definition) is 8. The van der Waals surface area contributed by atoms with E-state index in [1.165, 1.54) is 17.4 Å². The molecule has 4 rings (SSSR count). The number of carbonyl (C=O) groups is 1. The van der Waals surface area contributed by atoms with Crippen LogP contribution in [0.1, 0.15) is 5.56 Å². The third-order valence-corrected chi connectivity index (χ3v) is 6.50. The SMILES string of the molecule is COc1ccc(CNC(=O)CSc2nccc(N3CCN(c4ccc(OC)cc4)CC3)n2)cc1. The highest BCUT2D eigenvalue weighted by Crippen LogP contribution is 2.23. The Bertz CT molecular complexity index is 1070. The number of anilines is 2. The standard InChI is InChI=1S/C25H29N5O3S/c1-32-21-7-3-19(4-8-21)17-27-24(31)18-34-25-26-12-11-23(28-25)30-15-13-29(14-16-30)20-5-9-22(33-2)10-6-20/h3-12H,13-18H2,1-2H3,(H,27,31). The highest BCUT2D eigenvalue weighted by Gasteiger charge is 2.19. The van der Waals surface area contributed by atoms with E-state index in [0.717, 1.165) is 49.1 Å². The average Bonchev–Trinajstić information content (AvgIpc) is 2.91. The maximum Gasteiger partial charge on any atom is 0.230 e. The van der Waals surface area contributed by atoms with Gasteiger partial charge in [-0.05, 0) is 48.0 Å². The summed E-state index contributed by atoms with van der Waals surface area (Å²) in [5.41, 5.74) is 2.21. The van der Waals surface area contributed by atoms with Gasteiger partial charge in [0.25, 0.3) is 0 Å². The molecule has 1 aliphatic rings. The van der Waals surface area contributed by atoms with Crippen molar-refractivity contribution in [1.82, 2.24) is 15.3 Å². The minimum absolute atomic E-state index is 0.0528. The van der Waals surface area contributed by atoms with Gasteiger partial charge in [-0.3, -0.25) is 4.79 Å². The molecule has 1 fully saturated rings. The lowest BCUT2D eigenvalue weighted by atomic mass is 10.2. The van der Waals surface area contributed by atoms with Crippen molar-refractivity contribution in [1.29, 1.82) is 0 Å². The van der Waals surface area contributed by atoms with Crippen LogP contribution in [0, 0.1) is 0 Å². The molecule has 1 aliphatic heterocycles. The Morgan fingerprint density at radius 3 is 2.18 bits per heavy atom. The summed E-state index contributed by atoms with van der Waals surface area (Å²) in [5.74, 6) is 2.77. The molecule has 2 aromatic carbocycles. The Kier molecular flexibility index (Phi) is 8.08. The van der Waals surface area contributed by atoms with Crippen molar-refractivity contribution < 1.29 is 14.3 Å². The average molecular weight is 480 g/mol. The first kappa shape index (κ1) is 23.7. The molecule has 34 heavy (non-hydrogen) atoms. The number of amides is 1. The molecule has 178 valence electrons. The van der Waals surface area contributed by atoms with Gasteiger partial charge < -0.3 is 24.6 Å². The number of methoxy groups -OCH3 is 2. The molecular formula is C25H29N5O3S. The summed E-state index contributed by atoms with van der Waals surface area (Å²) < 4.78 is 10.4. The molecule has 8 nitrogen and oxygen atoms in total. The molecule has 9 heteroatoms. The van der Waals surface area contributed by atoms with Crippen LogP contribution in [0.3, 0.4) is 0 Å². The molecule has 0 bridgehead atoms. The van der Waals surface area contributed by atoms with Crippen molar-refractivity contribution in [3.8, 4) is 11.5 Å². The normalized spacial score (nSPS) is 13.5. The molecule has 1 saturated heterocycles. The van der Waals surface area contributed by atoms with E-state index in [9.17, 15) is 4.79 Å². The van der Waals surface area contributed by atoms with E-state index in [0.29, 0.717) is 11.7 Å². The monoisotopic (exact) mass is 479 g/mol. The molecule has 0 unspecified atom stereocenters. The first-order chi connectivity index (χ1) is 16.6. The summed E-state index contributed by atoms with van der Waals surface area (Å²) in [4.78, 5) is 25.9. The predicted octanol–water partition coefficient (Wildman–Crippen LogP) is 3.23. The second kappa shape index (κ2) is 11.6. The first-order valence-electron chi connectivity index (χ1n) is 11.1. The van der Waals surface area contributed by atoms with E-state index in [1.54, 1.807) is 20.4 Å². The highest BCUT2D eigenvalue weighted by molar-refractivity contribution is 7.99. The number of hydrogen-bond donors (Lipinski definition) is 1. The number of rotatable bonds is 9. The Morgan fingerprint density at radius 1 is 0.912 bits per heavy atom. The highest BCUT2D eigenvalue weighted by atomic mass is 32.2. The van der Waals surface area contributed by atoms with E-state index >= 15 is 0 Å². The van der Waals surface area contributed by atoms with Gasteiger partial charge in [0.2, 0.25) is 5.91 Å². The number of nitrogens with zero attached hydrogens (tertiary/aromatic N) is 4. The summed E-state index contributed by atoms with van der Waals surface area (Å²) in [6.07, 6.45) is 1.76. The zero-order chi connectivity index (χ0) is 23.8. The van der Waals surface area contributed by atoms with Crippen molar-refractivity contribution in [3.05, 3.63) is 66.4 Å². The topological polar surface area (TPSA) is 79.8 Å². The maximum absolute atomic E-state index is 12.3. The smallest absolute Gasteiger partial charge is 0.230 e. The van der Waals surface area contributed by atoms with Crippen LogP contribution in [0.4, 0.5) is 11.5 Å². The second-order valence-electron chi connectivity index (χ2n) is 7.78. The van der Waals surface area contributed by atoms with Crippen LogP contribution in [0.25, 0.3) is 0 Å². The number of piperazine rings is 1. The summed E-state index contributed by atoms with van der Waals surface area (Å²) >= 11 is 1.35. The fraction of sp³-hybridized carbons (Fsp3) is 0.320. The van der Waals surface area contributed by atoms with E-state index < -0.39 is 0 Å². The summed E-state index contributed by atoms with van der Waals surface area (Å²) in [6.45, 7) is 4.03. The third kappa shape index (κ3) is 6.32. The van der Waals surface area contributed by atoms with Crippen molar-refractivity contribution >= 4 is 29.2 Å². The van der Waals surface area contributed by atoms with Gasteiger partial charge in [0, 0.05) is 44.6 Å². The molecule has 0 spiro atoms. The fourth-order valence-electron chi connectivity index (χ4n) is 3.69. The van der Waals surface area contributed by atoms with E-state index in [1.807, 2.05) is 42.5 Å². The van der Waals surface area contributed by atoms with Gasteiger partial charge in [0.15, 0.2) is 5.16 Å². The Labute approximate surface area is 204 Å². The number of thioether (sulfide) groups is 1. The van der Waals surface area contributed by atoms with Crippen LogP contribution >= 0.6 is 11.8 Å². The van der Waals surface area contributed by atoms with Crippen LogP contribution in [0.2, 0.25) is 0 Å². The number of carbonyl (C=O) groups excluding carboxylic acids is 1. The van der Waals surface area contributed by atoms with Gasteiger partial charge in [-0.25, -0.2) is 9.97 Å². The van der Waals surface area contributed by atoms with E-state index in [4.69, 9.17) is 9.47 Å². The third-order valence-electron chi connectivity index (χ3n) is 5.64. The quantitative estimate of drug-likeness (QED) is 0.370. The lowest BCUT2D eigenvalue weighted by molar-refractivity contribution is -0.118. The lowest BCUT2D eigenvalue weighted by Crippen LogP contribution is -2.46. The molecule has 1 N–H and O–H groups in total. The van der Waals surface area contributed by atoms with Gasteiger partial charge in [-0.15, -0.1) is 0 Å². The van der Waals surface area contributed by atoms with Crippen LogP contribution in [0.5, 0.6) is 11.5 Å². The van der Waals surface area contributed by atoms with Gasteiger partial charge in [0.1, 0.15) is 17.3 Å². The summed E-state index contributed by atoms with van der Waals surface area (Å²) in [6, 6.07) is 17.7. The zero-order valence-corrected chi connectivity index (χ0v) is 20.3. The second-order valence-corrected chi connectivity index (χ2v) is 8.73. The lowest BCUT2D eigenvalue weighted by Gasteiger charge is -2.36. The van der Waals surface area contributed by atoms with Crippen molar-refractivity contribution in [3.63, 3.8) is 0 Å². The predicted molar refractivity (Wildman–Crippen MR) is 135 cm³/mol. The van der Waals surface area contributed by atoms with E-state index in [-0.39, 0.29) is 11.7 Å². The van der Waals surface area contributed by atoms with Crippen molar-refractivity contribution in [2.24, 2.45) is 0 Å². The Hall–Kier alpha value is -3.46. The van der Waals surface area contributed by atoms with Crippen molar-refractivity contribution in [2.75, 3.05) is 56.0 Å². The maximum atomic E-state index is 12.3. The molecule has 0 saturated carbocycles. The number of nitrogens with one attached hydrogen (secondary N) is 1. The minimum Gasteiger partial charge on any atom is -0.497 e. The summed E-state index contributed by atoms with van der Waals surface area (Å²) in [5, 5.41) is 3.54. The summed E-state index contributed by atoms with van der Waals surface area (Å²) in [7, 11) is 3.31. The van der Waals surface area contributed by atoms with Gasteiger partial charge in [-0.1, -0.05) is 23.9 Å². The van der Waals surface area contributed by atoms with Crippen LogP contribution in [-0.4, -0.2) is 62.0 Å². The van der Waals surface area contributed by atoms with Gasteiger partial charge >= 0.3 is 0 Å². The largest absolute Gasteiger partial charge is 0.497 e. The Morgan fingerprint density at radius 2 is 1.53 bits per heavy atom. The number of ether oxygens (including phenoxy) is 2. The van der Waals surface area contributed by atoms with Crippen LogP contribution in [-0.2, 0) is 11.3 Å². The minimum atomic E-state index is -0.0528. The van der Waals surface area contributed by atoms with E-state index in [2.05, 4.69) is 37.2 Å². The Balaban J connectivity index is 1.24. The molecule has 0 aliphatic carbocycles. The molecule has 1 aromatic heterocycles. The molecule has 0 atom stereocenters.